The first-order valence-corrected chi connectivity index (χ1v) is 6.57. The van der Waals surface area contributed by atoms with E-state index in [-0.39, 0.29) is 11.3 Å². The number of carbonyl (C=O) groups is 1. The monoisotopic (exact) mass is 284 g/mol. The number of hydrogen-bond acceptors (Lipinski definition) is 3. The Kier molecular flexibility index (Phi) is 4.61. The van der Waals surface area contributed by atoms with Gasteiger partial charge in [0.1, 0.15) is 11.5 Å². The number of carboxylic acid groups (broad SMARTS) is 1. The zero-order valence-corrected chi connectivity index (χ0v) is 11.6. The average Bonchev–Trinajstić information content (AvgIpc) is 2.47. The molecule has 0 saturated carbocycles. The van der Waals surface area contributed by atoms with Gasteiger partial charge >= 0.3 is 5.97 Å². The van der Waals surface area contributed by atoms with Crippen LogP contribution in [0.2, 0.25) is 0 Å². The van der Waals surface area contributed by atoms with Gasteiger partial charge in [-0.2, -0.15) is 0 Å². The predicted octanol–water partition coefficient (Wildman–Crippen LogP) is 3.42. The first-order valence-electron chi connectivity index (χ1n) is 6.57. The van der Waals surface area contributed by atoms with E-state index in [0.717, 1.165) is 11.3 Å². The van der Waals surface area contributed by atoms with Crippen molar-refractivity contribution >= 4 is 17.6 Å². The molecule has 0 atom stereocenters. The van der Waals surface area contributed by atoms with Crippen LogP contribution in [0.3, 0.4) is 0 Å². The Morgan fingerprint density at radius 3 is 2.24 bits per heavy atom. The quantitative estimate of drug-likeness (QED) is 0.652. The van der Waals surface area contributed by atoms with E-state index >= 15 is 0 Å². The van der Waals surface area contributed by atoms with Gasteiger partial charge in [0, 0.05) is 0 Å². The summed E-state index contributed by atoms with van der Waals surface area (Å²) in [5.74, 6) is -0.171. The van der Waals surface area contributed by atoms with E-state index < -0.39 is 5.97 Å². The van der Waals surface area contributed by atoms with Gasteiger partial charge in [-0.25, -0.2) is 4.79 Å². The molecule has 0 spiro atoms. The Hall–Kier alpha value is -2.75. The molecule has 0 aliphatic carbocycles. The summed E-state index contributed by atoms with van der Waals surface area (Å²) in [5, 5.41) is 18.6. The predicted molar refractivity (Wildman–Crippen MR) is 81.2 cm³/mol. The highest BCUT2D eigenvalue weighted by Crippen LogP contribution is 2.22. The summed E-state index contributed by atoms with van der Waals surface area (Å²) in [4.78, 5) is 11.4. The number of carboxylic acids is 1. The number of aromatic hydroxyl groups is 1. The Morgan fingerprint density at radius 2 is 1.71 bits per heavy atom. The average molecular weight is 284 g/mol. The second kappa shape index (κ2) is 6.61. The highest BCUT2D eigenvalue weighted by Gasteiger charge is 2.10. The van der Waals surface area contributed by atoms with Crippen molar-refractivity contribution < 1.29 is 19.7 Å². The van der Waals surface area contributed by atoms with Gasteiger partial charge in [-0.3, -0.25) is 0 Å². The minimum absolute atomic E-state index is 0.101. The second-order valence-electron chi connectivity index (χ2n) is 4.41. The molecule has 4 nitrogen and oxygen atoms in total. The summed E-state index contributed by atoms with van der Waals surface area (Å²) in [5.41, 5.74) is 1.47. The van der Waals surface area contributed by atoms with Gasteiger partial charge in [0.05, 0.1) is 12.2 Å². The first kappa shape index (κ1) is 14.7. The van der Waals surface area contributed by atoms with Crippen molar-refractivity contribution in [2.75, 3.05) is 6.61 Å². The van der Waals surface area contributed by atoms with Gasteiger partial charge in [-0.15, -0.1) is 0 Å². The van der Waals surface area contributed by atoms with Crippen LogP contribution in [0.4, 0.5) is 0 Å². The number of phenolic OH excluding ortho intramolecular Hbond substituents is 1. The van der Waals surface area contributed by atoms with Gasteiger partial charge in [-0.1, -0.05) is 24.3 Å². The summed E-state index contributed by atoms with van der Waals surface area (Å²) < 4.78 is 5.35. The van der Waals surface area contributed by atoms with E-state index in [1.807, 2.05) is 6.92 Å². The number of ether oxygens (including phenoxy) is 1. The van der Waals surface area contributed by atoms with E-state index in [1.54, 1.807) is 42.5 Å². The molecule has 0 aromatic heterocycles. The van der Waals surface area contributed by atoms with Gasteiger partial charge < -0.3 is 14.9 Å². The smallest absolute Gasteiger partial charge is 0.336 e. The Labute approximate surface area is 122 Å². The zero-order valence-electron chi connectivity index (χ0n) is 11.6. The molecule has 0 saturated heterocycles. The molecule has 108 valence electrons. The van der Waals surface area contributed by atoms with Crippen LogP contribution < -0.4 is 4.74 Å². The first-order chi connectivity index (χ1) is 10.1. The molecule has 0 bridgehead atoms. The lowest BCUT2D eigenvalue weighted by atomic mass is 10.0. The maximum absolute atomic E-state index is 11.4. The molecule has 0 fully saturated rings. The summed E-state index contributed by atoms with van der Waals surface area (Å²) in [7, 11) is 0. The van der Waals surface area contributed by atoms with Gasteiger partial charge in [0.2, 0.25) is 0 Å². The van der Waals surface area contributed by atoms with Crippen LogP contribution in [0.15, 0.2) is 48.5 Å². The fourth-order valence-electron chi connectivity index (χ4n) is 1.90. The number of hydrogen-bond donors (Lipinski definition) is 2. The van der Waals surface area contributed by atoms with Crippen LogP contribution in [0.25, 0.3) is 11.6 Å². The topological polar surface area (TPSA) is 66.8 Å². The fourth-order valence-corrected chi connectivity index (χ4v) is 1.90. The minimum atomic E-state index is -1.02. The Bertz CT molecular complexity index is 639. The molecule has 0 unspecified atom stereocenters. The van der Waals surface area contributed by atoms with Crippen LogP contribution in [0, 0.1) is 0 Å². The van der Waals surface area contributed by atoms with Crippen LogP contribution in [-0.4, -0.2) is 22.8 Å². The molecule has 2 rings (SSSR count). The highest BCUT2D eigenvalue weighted by atomic mass is 16.5. The molecule has 0 radical (unpaired) electrons. The number of phenols is 1. The molecule has 2 aromatic rings. The van der Waals surface area contributed by atoms with Crippen molar-refractivity contribution in [3.05, 3.63) is 59.7 Å². The SMILES string of the molecule is CCOc1ccc(/C=C(\C(=O)O)c2ccc(O)cc2)cc1. The molecule has 0 amide bonds. The molecular weight excluding hydrogens is 268 g/mol. The Morgan fingerprint density at radius 1 is 1.10 bits per heavy atom. The van der Waals surface area contributed by atoms with E-state index in [4.69, 9.17) is 4.74 Å². The third kappa shape index (κ3) is 3.86. The Balaban J connectivity index is 2.33. The van der Waals surface area contributed by atoms with Crippen LogP contribution in [0.5, 0.6) is 11.5 Å². The highest BCUT2D eigenvalue weighted by molar-refractivity contribution is 6.20. The van der Waals surface area contributed by atoms with Crippen molar-refractivity contribution in [1.82, 2.24) is 0 Å². The van der Waals surface area contributed by atoms with E-state index in [1.165, 1.54) is 12.1 Å². The van der Waals surface area contributed by atoms with Crippen LogP contribution in [0.1, 0.15) is 18.1 Å². The zero-order chi connectivity index (χ0) is 15.2. The van der Waals surface area contributed by atoms with Gasteiger partial charge in [0.15, 0.2) is 0 Å². The van der Waals surface area contributed by atoms with Crippen LogP contribution >= 0.6 is 0 Å². The maximum atomic E-state index is 11.4. The lowest BCUT2D eigenvalue weighted by molar-refractivity contribution is -0.130. The lowest BCUT2D eigenvalue weighted by Gasteiger charge is -2.05. The fraction of sp³-hybridized carbons (Fsp3) is 0.118. The summed E-state index contributed by atoms with van der Waals surface area (Å²) in [6.45, 7) is 2.49. The van der Waals surface area contributed by atoms with Gasteiger partial charge in [0.25, 0.3) is 0 Å². The molecule has 2 N–H and O–H groups in total. The largest absolute Gasteiger partial charge is 0.508 e. The van der Waals surface area contributed by atoms with Gasteiger partial charge in [-0.05, 0) is 48.4 Å². The molecule has 4 heteroatoms. The number of aliphatic carboxylic acids is 1. The molecule has 21 heavy (non-hydrogen) atoms. The maximum Gasteiger partial charge on any atom is 0.336 e. The number of benzene rings is 2. The van der Waals surface area contributed by atoms with Crippen molar-refractivity contribution in [2.24, 2.45) is 0 Å². The minimum Gasteiger partial charge on any atom is -0.508 e. The van der Waals surface area contributed by atoms with Crippen molar-refractivity contribution in [1.29, 1.82) is 0 Å². The molecule has 0 aliphatic heterocycles. The molecule has 2 aromatic carbocycles. The van der Waals surface area contributed by atoms with E-state index in [9.17, 15) is 15.0 Å². The third-order valence-corrected chi connectivity index (χ3v) is 2.91. The lowest BCUT2D eigenvalue weighted by Crippen LogP contribution is -1.99. The molecule has 0 aliphatic rings. The summed E-state index contributed by atoms with van der Waals surface area (Å²) in [6.07, 6.45) is 1.59. The summed E-state index contributed by atoms with van der Waals surface area (Å²) >= 11 is 0. The second-order valence-corrected chi connectivity index (χ2v) is 4.41. The molecular formula is C17H16O4. The van der Waals surface area contributed by atoms with Crippen molar-refractivity contribution in [3.63, 3.8) is 0 Å². The van der Waals surface area contributed by atoms with Crippen molar-refractivity contribution in [3.8, 4) is 11.5 Å². The van der Waals surface area contributed by atoms with E-state index in [2.05, 4.69) is 0 Å². The summed E-state index contributed by atoms with van der Waals surface area (Å²) in [6, 6.07) is 13.3. The number of rotatable bonds is 5. The standard InChI is InChI=1S/C17H16O4/c1-2-21-15-9-3-12(4-10-15)11-16(17(19)20)13-5-7-14(18)8-6-13/h3-11,18H,2H2,1H3,(H,19,20)/b16-11-. The third-order valence-electron chi connectivity index (χ3n) is 2.91. The normalized spacial score (nSPS) is 11.2. The molecule has 0 heterocycles. The van der Waals surface area contributed by atoms with E-state index in [0.29, 0.717) is 12.2 Å². The van der Waals surface area contributed by atoms with Crippen molar-refractivity contribution in [2.45, 2.75) is 6.92 Å². The van der Waals surface area contributed by atoms with Crippen LogP contribution in [-0.2, 0) is 4.79 Å².